The number of hydrogen-bond donors (Lipinski definition) is 3. The number of nitrogen functional groups attached to an aromatic ring is 1. The van der Waals surface area contributed by atoms with Crippen LogP contribution in [0.2, 0.25) is 0 Å². The molecule has 5 heterocycles. The van der Waals surface area contributed by atoms with Gasteiger partial charge in [0.1, 0.15) is 5.82 Å². The van der Waals surface area contributed by atoms with E-state index in [1.807, 2.05) is 24.4 Å². The predicted octanol–water partition coefficient (Wildman–Crippen LogP) is 4.00. The van der Waals surface area contributed by atoms with E-state index in [0.717, 1.165) is 71.8 Å². The highest BCUT2D eigenvalue weighted by Gasteiger charge is 2.26. The molecule has 1 aromatic carbocycles. The maximum Gasteiger partial charge on any atom is 0.290 e. The summed E-state index contributed by atoms with van der Waals surface area (Å²) >= 11 is 0.885. The second-order valence-corrected chi connectivity index (χ2v) is 10.9. The number of amides is 2. The number of aromatic nitrogens is 4. The summed E-state index contributed by atoms with van der Waals surface area (Å²) in [5.41, 5.74) is 9.74. The van der Waals surface area contributed by atoms with Gasteiger partial charge in [0.05, 0.1) is 16.3 Å². The summed E-state index contributed by atoms with van der Waals surface area (Å²) in [6, 6.07) is 13.8. The largest absolute Gasteiger partial charge is 0.384 e. The predicted molar refractivity (Wildman–Crippen MR) is 157 cm³/mol. The van der Waals surface area contributed by atoms with Crippen molar-refractivity contribution in [3.63, 3.8) is 0 Å². The zero-order valence-electron chi connectivity index (χ0n) is 21.7. The molecule has 40 heavy (non-hydrogen) atoms. The van der Waals surface area contributed by atoms with Crippen molar-refractivity contribution >= 4 is 51.5 Å². The number of benzene rings is 1. The number of anilines is 2. The molecule has 2 amide bonds. The van der Waals surface area contributed by atoms with Crippen LogP contribution in [0.1, 0.15) is 24.1 Å². The Labute approximate surface area is 235 Å². The summed E-state index contributed by atoms with van der Waals surface area (Å²) in [6.07, 6.45) is 9.00. The number of rotatable bonds is 7. The molecule has 2 saturated heterocycles. The molecule has 4 N–H and O–H groups in total. The SMILES string of the molecule is Nc1ccc(CNCC2CCN(c3nccc(C=C4SC(=O)NC4=O)n3)CC2)c(-c2cccc3cnccc23)n1. The average molecular weight is 553 g/mol. The Bertz CT molecular complexity index is 1610. The van der Waals surface area contributed by atoms with E-state index in [2.05, 4.69) is 48.7 Å². The summed E-state index contributed by atoms with van der Waals surface area (Å²) in [4.78, 5) is 43.8. The fourth-order valence-corrected chi connectivity index (χ4v) is 5.77. The number of imide groups is 1. The number of hydrogen-bond acceptors (Lipinski definition) is 10. The van der Waals surface area contributed by atoms with E-state index in [-0.39, 0.29) is 11.1 Å². The zero-order chi connectivity index (χ0) is 27.5. The van der Waals surface area contributed by atoms with Gasteiger partial charge in [-0.15, -0.1) is 0 Å². The topological polar surface area (TPSA) is 139 Å². The molecular formula is C29H28N8O2S. The third-order valence-electron chi connectivity index (χ3n) is 7.17. The maximum absolute atomic E-state index is 11.9. The third-order valence-corrected chi connectivity index (χ3v) is 7.98. The lowest BCUT2D eigenvalue weighted by Gasteiger charge is -2.32. The Morgan fingerprint density at radius 2 is 1.95 bits per heavy atom. The number of thioether (sulfide) groups is 1. The summed E-state index contributed by atoms with van der Waals surface area (Å²) < 4.78 is 0. The summed E-state index contributed by atoms with van der Waals surface area (Å²) in [5, 5.41) is 7.71. The smallest absolute Gasteiger partial charge is 0.290 e. The molecule has 0 unspecified atom stereocenters. The molecule has 6 rings (SSSR count). The van der Waals surface area contributed by atoms with Crippen molar-refractivity contribution in [2.45, 2.75) is 19.4 Å². The highest BCUT2D eigenvalue weighted by molar-refractivity contribution is 8.18. The second kappa shape index (κ2) is 11.4. The molecule has 2 fully saturated rings. The van der Waals surface area contributed by atoms with Crippen LogP contribution in [-0.4, -0.2) is 50.7 Å². The Balaban J connectivity index is 1.07. The third kappa shape index (κ3) is 5.65. The lowest BCUT2D eigenvalue weighted by atomic mass is 9.96. The first kappa shape index (κ1) is 25.9. The van der Waals surface area contributed by atoms with Gasteiger partial charge < -0.3 is 16.0 Å². The van der Waals surface area contributed by atoms with E-state index in [4.69, 9.17) is 10.7 Å². The van der Waals surface area contributed by atoms with Gasteiger partial charge >= 0.3 is 0 Å². The first-order chi connectivity index (χ1) is 19.5. The van der Waals surface area contributed by atoms with Crippen molar-refractivity contribution in [3.8, 4) is 11.3 Å². The molecule has 3 aromatic heterocycles. The standard InChI is InChI=1S/C29H28N8O2S/c30-25-5-4-20(26(35-25)23-3-1-2-19-16-31-10-7-22(19)23)17-32-15-18-8-12-37(13-9-18)28-33-11-6-21(34-28)14-24-27(38)36-29(39)40-24/h1-7,10-11,14,16,18,32H,8-9,12-13,15,17H2,(H2,30,35)(H,36,38,39). The summed E-state index contributed by atoms with van der Waals surface area (Å²) in [7, 11) is 0. The molecule has 0 atom stereocenters. The minimum atomic E-state index is -0.389. The van der Waals surface area contributed by atoms with Gasteiger partial charge in [0, 0.05) is 49.2 Å². The number of piperidine rings is 1. The van der Waals surface area contributed by atoms with E-state index in [9.17, 15) is 9.59 Å². The molecule has 0 spiro atoms. The van der Waals surface area contributed by atoms with E-state index >= 15 is 0 Å². The average Bonchev–Trinajstić information content (AvgIpc) is 3.29. The fourth-order valence-electron chi connectivity index (χ4n) is 5.11. The molecule has 0 aliphatic carbocycles. The minimum Gasteiger partial charge on any atom is -0.384 e. The van der Waals surface area contributed by atoms with Crippen LogP contribution >= 0.6 is 11.8 Å². The number of nitrogens with two attached hydrogens (primary N) is 1. The zero-order valence-corrected chi connectivity index (χ0v) is 22.5. The maximum atomic E-state index is 11.9. The molecule has 11 heteroatoms. The first-order valence-corrected chi connectivity index (χ1v) is 14.0. The van der Waals surface area contributed by atoms with Gasteiger partial charge in [-0.25, -0.2) is 15.0 Å². The van der Waals surface area contributed by atoms with Crippen LogP contribution in [0.4, 0.5) is 16.6 Å². The molecule has 202 valence electrons. The number of carbonyl (C=O) groups is 2. The molecule has 4 aromatic rings. The van der Waals surface area contributed by atoms with E-state index in [1.54, 1.807) is 24.5 Å². The van der Waals surface area contributed by atoms with Gasteiger partial charge in [0.15, 0.2) is 0 Å². The van der Waals surface area contributed by atoms with Crippen LogP contribution in [0.15, 0.2) is 66.0 Å². The molecular weight excluding hydrogens is 524 g/mol. The minimum absolute atomic E-state index is 0.344. The van der Waals surface area contributed by atoms with E-state index in [0.29, 0.717) is 34.8 Å². The van der Waals surface area contributed by atoms with Crippen LogP contribution in [-0.2, 0) is 11.3 Å². The molecule has 2 aliphatic heterocycles. The van der Waals surface area contributed by atoms with Gasteiger partial charge in [-0.1, -0.05) is 24.3 Å². The van der Waals surface area contributed by atoms with Crippen molar-refractivity contribution in [1.29, 1.82) is 0 Å². The molecule has 10 nitrogen and oxygen atoms in total. The van der Waals surface area contributed by atoms with Gasteiger partial charge in [-0.3, -0.25) is 19.9 Å². The Hall–Kier alpha value is -4.35. The highest BCUT2D eigenvalue weighted by Crippen LogP contribution is 2.30. The Kier molecular flexibility index (Phi) is 7.39. The molecule has 0 saturated carbocycles. The van der Waals surface area contributed by atoms with Crippen molar-refractivity contribution in [3.05, 3.63) is 77.2 Å². The molecule has 2 aliphatic rings. The second-order valence-electron chi connectivity index (χ2n) is 9.84. The highest BCUT2D eigenvalue weighted by atomic mass is 32.2. The number of carbonyl (C=O) groups excluding carboxylic acids is 2. The van der Waals surface area contributed by atoms with Gasteiger partial charge in [-0.2, -0.15) is 0 Å². The normalized spacial score (nSPS) is 17.1. The van der Waals surface area contributed by atoms with Crippen molar-refractivity contribution in [1.82, 2.24) is 30.6 Å². The van der Waals surface area contributed by atoms with Crippen LogP contribution in [0.25, 0.3) is 28.1 Å². The number of fused-ring (bicyclic) bond motifs is 1. The Morgan fingerprint density at radius 3 is 2.77 bits per heavy atom. The van der Waals surface area contributed by atoms with Crippen molar-refractivity contribution in [2.24, 2.45) is 5.92 Å². The van der Waals surface area contributed by atoms with Crippen LogP contribution in [0.3, 0.4) is 0 Å². The fraction of sp³-hybridized carbons (Fsp3) is 0.241. The van der Waals surface area contributed by atoms with Crippen LogP contribution < -0.4 is 21.3 Å². The van der Waals surface area contributed by atoms with Crippen molar-refractivity contribution in [2.75, 3.05) is 30.3 Å². The summed E-state index contributed by atoms with van der Waals surface area (Å²) in [5.74, 6) is 1.27. The summed E-state index contributed by atoms with van der Waals surface area (Å²) in [6.45, 7) is 3.28. The molecule has 0 bridgehead atoms. The lowest BCUT2D eigenvalue weighted by molar-refractivity contribution is -0.115. The van der Waals surface area contributed by atoms with Gasteiger partial charge in [-0.05, 0) is 72.3 Å². The van der Waals surface area contributed by atoms with Gasteiger partial charge in [0.2, 0.25) is 5.95 Å². The number of pyridine rings is 2. The quantitative estimate of drug-likeness (QED) is 0.288. The number of nitrogens with zero attached hydrogens (tertiary/aromatic N) is 5. The molecule has 0 radical (unpaired) electrons. The van der Waals surface area contributed by atoms with E-state index < -0.39 is 0 Å². The van der Waals surface area contributed by atoms with E-state index in [1.165, 1.54) is 0 Å². The van der Waals surface area contributed by atoms with Crippen LogP contribution in [0, 0.1) is 5.92 Å². The lowest BCUT2D eigenvalue weighted by Crippen LogP contribution is -2.38. The number of nitrogens with one attached hydrogen (secondary N) is 2. The first-order valence-electron chi connectivity index (χ1n) is 13.2. The van der Waals surface area contributed by atoms with Gasteiger partial charge in [0.25, 0.3) is 11.1 Å². The monoisotopic (exact) mass is 552 g/mol. The Morgan fingerprint density at radius 1 is 1.07 bits per heavy atom. The van der Waals surface area contributed by atoms with Crippen molar-refractivity contribution < 1.29 is 9.59 Å². The van der Waals surface area contributed by atoms with Crippen LogP contribution in [0.5, 0.6) is 0 Å².